The maximum atomic E-state index is 13.6. The molecule has 0 bridgehead atoms. The molecule has 1 atom stereocenters. The molecule has 0 aliphatic heterocycles. The van der Waals surface area contributed by atoms with E-state index in [0.717, 1.165) is 12.8 Å². The van der Waals surface area contributed by atoms with Gasteiger partial charge in [-0.2, -0.15) is 0 Å². The summed E-state index contributed by atoms with van der Waals surface area (Å²) in [6.07, 6.45) is 5.10. The maximum Gasteiger partial charge on any atom is 0.253 e. The van der Waals surface area contributed by atoms with E-state index in [1.807, 2.05) is 0 Å². The van der Waals surface area contributed by atoms with Gasteiger partial charge in [-0.25, -0.2) is 4.39 Å². The van der Waals surface area contributed by atoms with Crippen LogP contribution < -0.4 is 11.1 Å². The van der Waals surface area contributed by atoms with E-state index >= 15 is 0 Å². The zero-order valence-corrected chi connectivity index (χ0v) is 13.3. The number of halogens is 3. The van der Waals surface area contributed by atoms with Crippen molar-refractivity contribution in [3.63, 3.8) is 0 Å². The van der Waals surface area contributed by atoms with Crippen molar-refractivity contribution in [2.24, 2.45) is 11.7 Å². The lowest BCUT2D eigenvalue weighted by Gasteiger charge is -2.16. The van der Waals surface area contributed by atoms with Crippen LogP contribution in [0.5, 0.6) is 0 Å². The van der Waals surface area contributed by atoms with Gasteiger partial charge in [0.1, 0.15) is 11.3 Å². The van der Waals surface area contributed by atoms with Gasteiger partial charge >= 0.3 is 0 Å². The zero-order chi connectivity index (χ0) is 14.1. The van der Waals surface area contributed by atoms with Gasteiger partial charge < -0.3 is 11.1 Å². The number of hydrogen-bond donors (Lipinski definition) is 2. The van der Waals surface area contributed by atoms with Gasteiger partial charge in [0, 0.05) is 31.0 Å². The molecule has 1 aliphatic carbocycles. The number of benzene rings is 1. The molecular formula is C14H17Cl2FN4O. The lowest BCUT2D eigenvalue weighted by Crippen LogP contribution is -2.41. The molecular weight excluding hydrogens is 330 g/mol. The normalized spacial score (nSPS) is 14.6. The zero-order valence-electron chi connectivity index (χ0n) is 11.7. The first-order valence-electron chi connectivity index (χ1n) is 6.60. The summed E-state index contributed by atoms with van der Waals surface area (Å²) in [7, 11) is 0. The van der Waals surface area contributed by atoms with E-state index in [1.54, 1.807) is 0 Å². The van der Waals surface area contributed by atoms with Crippen LogP contribution in [-0.2, 0) is 0 Å². The van der Waals surface area contributed by atoms with Crippen LogP contribution in [0.15, 0.2) is 24.5 Å². The third-order valence-electron chi connectivity index (χ3n) is 3.54. The number of carbonyl (C=O) groups excluding carboxylic acids is 1. The molecule has 5 nitrogen and oxygen atoms in total. The minimum absolute atomic E-state index is 0. The molecule has 3 N–H and O–H groups in total. The minimum atomic E-state index is -0.501. The standard InChI is InChI=1S/C14H15FN4O.2ClH/c15-9-5-10(13-11(6-9)17-3-4-18-13)14(20)19-12(7-16)8-1-2-8;;/h3-6,8,12H,1-2,7,16H2,(H,19,20);2*1H. The van der Waals surface area contributed by atoms with E-state index in [1.165, 1.54) is 24.5 Å². The highest BCUT2D eigenvalue weighted by Gasteiger charge is 2.31. The van der Waals surface area contributed by atoms with Crippen molar-refractivity contribution in [3.8, 4) is 0 Å². The van der Waals surface area contributed by atoms with Crippen LogP contribution in [0.3, 0.4) is 0 Å². The Balaban J connectivity index is 0.00000121. The van der Waals surface area contributed by atoms with Gasteiger partial charge in [-0.1, -0.05) is 0 Å². The summed E-state index contributed by atoms with van der Waals surface area (Å²) >= 11 is 0. The Labute approximate surface area is 139 Å². The smallest absolute Gasteiger partial charge is 0.253 e. The monoisotopic (exact) mass is 346 g/mol. The fourth-order valence-corrected chi connectivity index (χ4v) is 2.33. The molecule has 1 aromatic heterocycles. The lowest BCUT2D eigenvalue weighted by atomic mass is 10.1. The van der Waals surface area contributed by atoms with Gasteiger partial charge in [0.05, 0.1) is 11.1 Å². The maximum absolute atomic E-state index is 13.6. The third-order valence-corrected chi connectivity index (χ3v) is 3.54. The van der Waals surface area contributed by atoms with Crippen LogP contribution >= 0.6 is 24.8 Å². The Morgan fingerprint density at radius 1 is 1.32 bits per heavy atom. The van der Waals surface area contributed by atoms with Gasteiger partial charge in [0.2, 0.25) is 0 Å². The van der Waals surface area contributed by atoms with Gasteiger partial charge in [-0.15, -0.1) is 24.8 Å². The molecule has 1 aromatic carbocycles. The number of nitrogens with two attached hydrogens (primary N) is 1. The summed E-state index contributed by atoms with van der Waals surface area (Å²) in [5, 5.41) is 2.87. The molecule has 1 unspecified atom stereocenters. The minimum Gasteiger partial charge on any atom is -0.348 e. The van der Waals surface area contributed by atoms with Crippen LogP contribution in [0.25, 0.3) is 11.0 Å². The second kappa shape index (κ2) is 7.67. The largest absolute Gasteiger partial charge is 0.348 e. The number of carbonyl (C=O) groups is 1. The molecule has 3 rings (SSSR count). The predicted molar refractivity (Wildman–Crippen MR) is 87.0 cm³/mol. The van der Waals surface area contributed by atoms with E-state index in [4.69, 9.17) is 5.73 Å². The first kappa shape index (κ1) is 18.5. The molecule has 1 aliphatic rings. The highest BCUT2D eigenvalue weighted by Crippen LogP contribution is 2.32. The van der Waals surface area contributed by atoms with Gasteiger partial charge in [0.25, 0.3) is 5.91 Å². The molecule has 1 heterocycles. The quantitative estimate of drug-likeness (QED) is 0.887. The number of amides is 1. The summed E-state index contributed by atoms with van der Waals surface area (Å²) in [6, 6.07) is 2.39. The number of nitrogens with zero attached hydrogens (tertiary/aromatic N) is 2. The van der Waals surface area contributed by atoms with Crippen molar-refractivity contribution < 1.29 is 9.18 Å². The summed E-state index contributed by atoms with van der Waals surface area (Å²) in [6.45, 7) is 0.384. The van der Waals surface area contributed by atoms with E-state index < -0.39 is 5.82 Å². The second-order valence-corrected chi connectivity index (χ2v) is 5.03. The number of hydrogen-bond acceptors (Lipinski definition) is 4. The highest BCUT2D eigenvalue weighted by atomic mass is 35.5. The fraction of sp³-hybridized carbons (Fsp3) is 0.357. The molecule has 2 aromatic rings. The number of nitrogens with one attached hydrogen (secondary N) is 1. The van der Waals surface area contributed by atoms with Crippen LogP contribution in [0.2, 0.25) is 0 Å². The van der Waals surface area contributed by atoms with Crippen LogP contribution in [0.1, 0.15) is 23.2 Å². The van der Waals surface area contributed by atoms with Gasteiger partial charge in [-0.05, 0) is 24.8 Å². The predicted octanol–water partition coefficient (Wildman–Crippen LogP) is 2.08. The lowest BCUT2D eigenvalue weighted by molar-refractivity contribution is 0.0934. The number of fused-ring (bicyclic) bond motifs is 1. The van der Waals surface area contributed by atoms with E-state index in [2.05, 4.69) is 15.3 Å². The van der Waals surface area contributed by atoms with Crippen molar-refractivity contribution in [1.29, 1.82) is 0 Å². The van der Waals surface area contributed by atoms with Gasteiger partial charge in [-0.3, -0.25) is 14.8 Å². The summed E-state index contributed by atoms with van der Waals surface area (Å²) in [5.41, 5.74) is 6.64. The Morgan fingerprint density at radius 2 is 2.00 bits per heavy atom. The average Bonchev–Trinajstić information content (AvgIpc) is 3.28. The number of aromatic nitrogens is 2. The van der Waals surface area contributed by atoms with Crippen molar-refractivity contribution in [3.05, 3.63) is 35.9 Å². The Kier molecular flexibility index (Phi) is 6.47. The van der Waals surface area contributed by atoms with Crippen molar-refractivity contribution in [2.45, 2.75) is 18.9 Å². The second-order valence-electron chi connectivity index (χ2n) is 5.03. The van der Waals surface area contributed by atoms with Gasteiger partial charge in [0.15, 0.2) is 0 Å². The van der Waals surface area contributed by atoms with E-state index in [9.17, 15) is 9.18 Å². The van der Waals surface area contributed by atoms with Crippen molar-refractivity contribution >= 4 is 41.8 Å². The number of rotatable bonds is 4. The molecule has 1 amide bonds. The summed E-state index contributed by atoms with van der Waals surface area (Å²) in [4.78, 5) is 20.5. The van der Waals surface area contributed by atoms with Crippen LogP contribution in [0.4, 0.5) is 4.39 Å². The molecule has 0 saturated heterocycles. The van der Waals surface area contributed by atoms with Crippen molar-refractivity contribution in [1.82, 2.24) is 15.3 Å². The molecule has 0 radical (unpaired) electrons. The van der Waals surface area contributed by atoms with Crippen molar-refractivity contribution in [2.75, 3.05) is 6.54 Å². The molecule has 1 saturated carbocycles. The Morgan fingerprint density at radius 3 is 2.64 bits per heavy atom. The Hall–Kier alpha value is -1.50. The fourth-order valence-electron chi connectivity index (χ4n) is 2.33. The molecule has 8 heteroatoms. The van der Waals surface area contributed by atoms with Crippen LogP contribution in [-0.4, -0.2) is 28.5 Å². The average molecular weight is 347 g/mol. The SMILES string of the molecule is Cl.Cl.NCC(NC(=O)c1cc(F)cc2nccnc12)C1CC1. The molecule has 22 heavy (non-hydrogen) atoms. The molecule has 120 valence electrons. The van der Waals surface area contributed by atoms with E-state index in [-0.39, 0.29) is 42.3 Å². The summed E-state index contributed by atoms with van der Waals surface area (Å²) < 4.78 is 13.6. The first-order chi connectivity index (χ1) is 9.69. The molecule has 0 spiro atoms. The summed E-state index contributed by atoms with van der Waals surface area (Å²) in [5.74, 6) is -0.411. The van der Waals surface area contributed by atoms with E-state index in [0.29, 0.717) is 23.5 Å². The first-order valence-corrected chi connectivity index (χ1v) is 6.60. The molecule has 1 fully saturated rings. The highest BCUT2D eigenvalue weighted by molar-refractivity contribution is 6.04. The van der Waals surface area contributed by atoms with Crippen LogP contribution in [0, 0.1) is 11.7 Å². The third kappa shape index (κ3) is 3.82. The topological polar surface area (TPSA) is 80.9 Å². The Bertz CT molecular complexity index is 666.